The van der Waals surface area contributed by atoms with E-state index in [1.54, 1.807) is 0 Å². The summed E-state index contributed by atoms with van der Waals surface area (Å²) in [5.41, 5.74) is 4.28. The molecule has 1 fully saturated rings. The van der Waals surface area contributed by atoms with Crippen molar-refractivity contribution in [1.82, 2.24) is 4.90 Å². The molecule has 1 heterocycles. The summed E-state index contributed by atoms with van der Waals surface area (Å²) in [5, 5.41) is 0. The van der Waals surface area contributed by atoms with Gasteiger partial charge in [0.1, 0.15) is 0 Å². The van der Waals surface area contributed by atoms with Gasteiger partial charge in [-0.2, -0.15) is 0 Å². The Bertz CT molecular complexity index is 547. The Morgan fingerprint density at radius 3 is 2.65 bits per heavy atom. The lowest BCUT2D eigenvalue weighted by Gasteiger charge is -2.36. The lowest BCUT2D eigenvalue weighted by molar-refractivity contribution is 0.140. The summed E-state index contributed by atoms with van der Waals surface area (Å²) in [7, 11) is 0. The van der Waals surface area contributed by atoms with Gasteiger partial charge in [-0.3, -0.25) is 4.90 Å². The first kappa shape index (κ1) is 13.4. The van der Waals surface area contributed by atoms with Crippen LogP contribution in [0.3, 0.4) is 0 Å². The van der Waals surface area contributed by atoms with Crippen LogP contribution in [0.4, 0.5) is 0 Å². The molecule has 1 aliphatic rings. The summed E-state index contributed by atoms with van der Waals surface area (Å²) < 4.78 is 0. The molecule has 2 aromatic rings. The minimum Gasteiger partial charge on any atom is -0.292 e. The fraction of sp³-hybridized carbons (Fsp3) is 0.368. The van der Waals surface area contributed by atoms with Crippen LogP contribution in [0.15, 0.2) is 54.6 Å². The first-order valence-electron chi connectivity index (χ1n) is 7.67. The van der Waals surface area contributed by atoms with Gasteiger partial charge in [0, 0.05) is 12.6 Å². The average Bonchev–Trinajstić information content (AvgIpc) is 2.49. The van der Waals surface area contributed by atoms with Gasteiger partial charge in [0.2, 0.25) is 0 Å². The maximum Gasteiger partial charge on any atom is 0.0351 e. The molecule has 0 aliphatic carbocycles. The van der Waals surface area contributed by atoms with Crippen molar-refractivity contribution >= 4 is 0 Å². The molecule has 0 N–H and O–H groups in total. The highest BCUT2D eigenvalue weighted by Gasteiger charge is 2.23. The largest absolute Gasteiger partial charge is 0.292 e. The highest BCUT2D eigenvalue weighted by atomic mass is 15.2. The molecular formula is C19H23N. The van der Waals surface area contributed by atoms with Crippen molar-refractivity contribution in [1.29, 1.82) is 0 Å². The summed E-state index contributed by atoms with van der Waals surface area (Å²) in [4.78, 5) is 2.65. The second-order valence-corrected chi connectivity index (χ2v) is 5.88. The second-order valence-electron chi connectivity index (χ2n) is 5.88. The molecule has 0 amide bonds. The molecule has 0 bridgehead atoms. The number of hydrogen-bond acceptors (Lipinski definition) is 1. The van der Waals surface area contributed by atoms with Crippen LogP contribution in [-0.2, 0) is 6.54 Å². The van der Waals surface area contributed by atoms with Crippen LogP contribution in [-0.4, -0.2) is 11.4 Å². The number of aryl methyl sites for hydroxylation is 1. The summed E-state index contributed by atoms with van der Waals surface area (Å²) in [6.07, 6.45) is 3.97. The van der Waals surface area contributed by atoms with Gasteiger partial charge < -0.3 is 0 Å². The van der Waals surface area contributed by atoms with E-state index in [1.807, 2.05) is 0 Å². The van der Waals surface area contributed by atoms with Crippen LogP contribution in [0.25, 0.3) is 0 Å². The lowest BCUT2D eigenvalue weighted by Crippen LogP contribution is -2.32. The first-order chi connectivity index (χ1) is 9.83. The van der Waals surface area contributed by atoms with E-state index in [2.05, 4.69) is 66.4 Å². The number of piperidine rings is 1. The van der Waals surface area contributed by atoms with Gasteiger partial charge in [0.05, 0.1) is 0 Å². The zero-order valence-corrected chi connectivity index (χ0v) is 12.3. The van der Waals surface area contributed by atoms with Gasteiger partial charge in [-0.25, -0.2) is 0 Å². The van der Waals surface area contributed by atoms with Gasteiger partial charge in [-0.05, 0) is 37.4 Å². The third-order valence-corrected chi connectivity index (χ3v) is 4.27. The van der Waals surface area contributed by atoms with Crippen molar-refractivity contribution in [3.8, 4) is 0 Å². The number of nitrogens with zero attached hydrogens (tertiary/aromatic N) is 1. The van der Waals surface area contributed by atoms with E-state index in [0.717, 1.165) is 6.54 Å². The van der Waals surface area contributed by atoms with Gasteiger partial charge in [0.15, 0.2) is 0 Å². The number of benzene rings is 2. The fourth-order valence-corrected chi connectivity index (χ4v) is 3.25. The van der Waals surface area contributed by atoms with Crippen LogP contribution in [0.1, 0.15) is 42.0 Å². The van der Waals surface area contributed by atoms with E-state index >= 15 is 0 Å². The van der Waals surface area contributed by atoms with Crippen LogP contribution in [0.2, 0.25) is 0 Å². The van der Waals surface area contributed by atoms with Gasteiger partial charge in [-0.15, -0.1) is 0 Å². The lowest BCUT2D eigenvalue weighted by atomic mass is 9.94. The highest BCUT2D eigenvalue weighted by molar-refractivity contribution is 5.26. The quantitative estimate of drug-likeness (QED) is 0.776. The van der Waals surface area contributed by atoms with Crippen molar-refractivity contribution in [3.05, 3.63) is 71.3 Å². The molecule has 0 spiro atoms. The number of rotatable bonds is 3. The minimum atomic E-state index is 0.587. The Balaban J connectivity index is 1.80. The van der Waals surface area contributed by atoms with E-state index in [9.17, 15) is 0 Å². The van der Waals surface area contributed by atoms with E-state index in [-0.39, 0.29) is 0 Å². The Morgan fingerprint density at radius 1 is 1.00 bits per heavy atom. The summed E-state index contributed by atoms with van der Waals surface area (Å²) in [6.45, 7) is 4.47. The molecule has 0 unspecified atom stereocenters. The van der Waals surface area contributed by atoms with E-state index in [1.165, 1.54) is 42.5 Å². The number of hydrogen-bond donors (Lipinski definition) is 0. The molecule has 1 atom stereocenters. The van der Waals surface area contributed by atoms with Crippen molar-refractivity contribution < 1.29 is 0 Å². The van der Waals surface area contributed by atoms with Crippen molar-refractivity contribution in [2.24, 2.45) is 0 Å². The molecule has 1 heteroatoms. The molecule has 0 radical (unpaired) electrons. The van der Waals surface area contributed by atoms with Gasteiger partial charge in [-0.1, -0.05) is 66.6 Å². The Labute approximate surface area is 122 Å². The second kappa shape index (κ2) is 6.23. The van der Waals surface area contributed by atoms with E-state index in [4.69, 9.17) is 0 Å². The monoisotopic (exact) mass is 265 g/mol. The molecule has 0 aromatic heterocycles. The highest BCUT2D eigenvalue weighted by Crippen LogP contribution is 2.32. The molecular weight excluding hydrogens is 242 g/mol. The summed E-state index contributed by atoms with van der Waals surface area (Å²) in [5.74, 6) is 0. The van der Waals surface area contributed by atoms with Crippen molar-refractivity contribution in [3.63, 3.8) is 0 Å². The molecule has 104 valence electrons. The first-order valence-corrected chi connectivity index (χ1v) is 7.67. The maximum atomic E-state index is 2.65. The van der Waals surface area contributed by atoms with Crippen molar-refractivity contribution in [2.45, 2.75) is 38.8 Å². The molecule has 1 nitrogen and oxygen atoms in total. The normalized spacial score (nSPS) is 19.9. The zero-order chi connectivity index (χ0) is 13.8. The smallest absolute Gasteiger partial charge is 0.0351 e. The van der Waals surface area contributed by atoms with Gasteiger partial charge in [0.25, 0.3) is 0 Å². The summed E-state index contributed by atoms with van der Waals surface area (Å²) in [6, 6.07) is 20.5. The predicted octanol–water partition coefficient (Wildman–Crippen LogP) is 4.72. The molecule has 1 aliphatic heterocycles. The summed E-state index contributed by atoms with van der Waals surface area (Å²) >= 11 is 0. The van der Waals surface area contributed by atoms with E-state index in [0.29, 0.717) is 6.04 Å². The van der Waals surface area contributed by atoms with Crippen LogP contribution in [0.5, 0.6) is 0 Å². The molecule has 3 rings (SSSR count). The SMILES string of the molecule is Cc1cccc([C@H]2CCCCN2Cc2ccccc2)c1. The zero-order valence-electron chi connectivity index (χ0n) is 12.3. The third kappa shape index (κ3) is 3.10. The fourth-order valence-electron chi connectivity index (χ4n) is 3.25. The Morgan fingerprint density at radius 2 is 1.85 bits per heavy atom. The number of likely N-dealkylation sites (tertiary alicyclic amines) is 1. The van der Waals surface area contributed by atoms with Crippen LogP contribution in [0, 0.1) is 6.92 Å². The Kier molecular flexibility index (Phi) is 4.17. The molecule has 0 saturated carbocycles. The standard InChI is InChI=1S/C19H23N/c1-16-8-7-11-18(14-16)19-12-5-6-13-20(19)15-17-9-3-2-4-10-17/h2-4,7-11,14,19H,5-6,12-13,15H2,1H3/t19-/m1/s1. The maximum absolute atomic E-state index is 2.65. The van der Waals surface area contributed by atoms with Crippen LogP contribution < -0.4 is 0 Å². The molecule has 20 heavy (non-hydrogen) atoms. The molecule has 2 aromatic carbocycles. The average molecular weight is 265 g/mol. The van der Waals surface area contributed by atoms with E-state index < -0.39 is 0 Å². The van der Waals surface area contributed by atoms with Crippen molar-refractivity contribution in [2.75, 3.05) is 6.54 Å². The topological polar surface area (TPSA) is 3.24 Å². The minimum absolute atomic E-state index is 0.587. The van der Waals surface area contributed by atoms with Crippen LogP contribution >= 0.6 is 0 Å². The Hall–Kier alpha value is -1.60. The molecule has 1 saturated heterocycles. The predicted molar refractivity (Wildman–Crippen MR) is 84.6 cm³/mol. The van der Waals surface area contributed by atoms with Gasteiger partial charge >= 0.3 is 0 Å². The third-order valence-electron chi connectivity index (χ3n) is 4.27.